The zero-order valence-electron chi connectivity index (χ0n) is 17.7. The zero-order chi connectivity index (χ0) is 20.2. The Hall–Kier alpha value is -1.63. The first-order valence-electron chi connectivity index (χ1n) is 10.6. The van der Waals surface area contributed by atoms with Gasteiger partial charge in [0.1, 0.15) is 11.4 Å². The fraction of sp³-hybridized carbons (Fsp3) is 0.682. The molecule has 0 unspecified atom stereocenters. The summed E-state index contributed by atoms with van der Waals surface area (Å²) in [5.41, 5.74) is -0.0347. The van der Waals surface area contributed by atoms with Gasteiger partial charge in [-0.15, -0.1) is 0 Å². The number of nitrogens with zero attached hydrogens (tertiary/aromatic N) is 1. The predicted molar refractivity (Wildman–Crippen MR) is 112 cm³/mol. The summed E-state index contributed by atoms with van der Waals surface area (Å²) in [5, 5.41) is 2.98. The van der Waals surface area contributed by atoms with Crippen molar-refractivity contribution in [1.29, 1.82) is 0 Å². The quantitative estimate of drug-likeness (QED) is 0.550. The van der Waals surface area contributed by atoms with E-state index in [1.54, 1.807) is 0 Å². The lowest BCUT2D eigenvalue weighted by Gasteiger charge is -2.28. The van der Waals surface area contributed by atoms with Crippen molar-refractivity contribution in [1.82, 2.24) is 4.90 Å². The van der Waals surface area contributed by atoms with Crippen LogP contribution in [0.4, 0.5) is 5.69 Å². The van der Waals surface area contributed by atoms with Gasteiger partial charge in [-0.3, -0.25) is 9.69 Å². The minimum absolute atomic E-state index is 0.0954. The van der Waals surface area contributed by atoms with Crippen LogP contribution in [0.15, 0.2) is 24.3 Å². The molecule has 0 aromatic heterocycles. The Balaban J connectivity index is 1.76. The lowest BCUT2D eigenvalue weighted by atomic mass is 9.97. The van der Waals surface area contributed by atoms with Gasteiger partial charge in [0.15, 0.2) is 0 Å². The maximum Gasteiger partial charge on any atom is 0.256 e. The van der Waals surface area contributed by atoms with E-state index in [4.69, 9.17) is 14.2 Å². The van der Waals surface area contributed by atoms with Crippen LogP contribution in [-0.4, -0.2) is 62.5 Å². The average molecular weight is 393 g/mol. The van der Waals surface area contributed by atoms with Crippen LogP contribution >= 0.6 is 0 Å². The molecular formula is C22H36N2O4. The first-order chi connectivity index (χ1) is 13.6. The number of benzene rings is 1. The van der Waals surface area contributed by atoms with Crippen LogP contribution in [0.25, 0.3) is 0 Å². The van der Waals surface area contributed by atoms with Crippen LogP contribution in [0.5, 0.6) is 5.75 Å². The van der Waals surface area contributed by atoms with Gasteiger partial charge in [-0.25, -0.2) is 0 Å². The van der Waals surface area contributed by atoms with Crippen LogP contribution in [0.2, 0.25) is 0 Å². The molecule has 1 aliphatic rings. The number of ether oxygens (including phenoxy) is 3. The van der Waals surface area contributed by atoms with Crippen LogP contribution in [0, 0.1) is 0 Å². The largest absolute Gasteiger partial charge is 0.494 e. The van der Waals surface area contributed by atoms with Crippen molar-refractivity contribution in [2.24, 2.45) is 0 Å². The molecule has 1 aromatic rings. The summed E-state index contributed by atoms with van der Waals surface area (Å²) in [7, 11) is 0. The number of anilines is 1. The van der Waals surface area contributed by atoms with Crippen molar-refractivity contribution in [3.05, 3.63) is 24.3 Å². The van der Waals surface area contributed by atoms with Crippen LogP contribution in [0.3, 0.4) is 0 Å². The van der Waals surface area contributed by atoms with Gasteiger partial charge in [0.25, 0.3) is 5.91 Å². The molecule has 1 heterocycles. The lowest BCUT2D eigenvalue weighted by molar-refractivity contribution is -0.139. The van der Waals surface area contributed by atoms with E-state index in [0.29, 0.717) is 19.6 Å². The van der Waals surface area contributed by atoms with Gasteiger partial charge in [0.2, 0.25) is 0 Å². The molecule has 1 amide bonds. The number of unbranched alkanes of at least 4 members (excludes halogenated alkanes) is 1. The Kier molecular flexibility index (Phi) is 9.75. The third-order valence-corrected chi connectivity index (χ3v) is 5.05. The van der Waals surface area contributed by atoms with Gasteiger partial charge in [0, 0.05) is 31.9 Å². The summed E-state index contributed by atoms with van der Waals surface area (Å²) in [4.78, 5) is 15.1. The molecule has 28 heavy (non-hydrogen) atoms. The smallest absolute Gasteiger partial charge is 0.256 e. The van der Waals surface area contributed by atoms with Crippen molar-refractivity contribution in [2.45, 2.75) is 52.1 Å². The maximum atomic E-state index is 12.7. The average Bonchev–Trinajstić information content (AvgIpc) is 2.72. The highest BCUT2D eigenvalue weighted by molar-refractivity contribution is 5.97. The van der Waals surface area contributed by atoms with Gasteiger partial charge in [-0.2, -0.15) is 0 Å². The molecule has 1 aliphatic heterocycles. The number of nitrogens with one attached hydrogen (secondary N) is 1. The second-order valence-electron chi connectivity index (χ2n) is 7.40. The molecule has 1 fully saturated rings. The Morgan fingerprint density at radius 3 is 2.54 bits per heavy atom. The Bertz CT molecular complexity index is 572. The van der Waals surface area contributed by atoms with E-state index in [-0.39, 0.29) is 5.91 Å². The van der Waals surface area contributed by atoms with E-state index in [1.165, 1.54) is 0 Å². The van der Waals surface area contributed by atoms with Gasteiger partial charge in [0.05, 0.1) is 19.8 Å². The maximum absolute atomic E-state index is 12.7. The van der Waals surface area contributed by atoms with Crippen LogP contribution in [0.1, 0.15) is 46.5 Å². The van der Waals surface area contributed by atoms with E-state index in [1.807, 2.05) is 38.1 Å². The molecule has 158 valence electrons. The summed E-state index contributed by atoms with van der Waals surface area (Å²) in [6, 6.07) is 7.55. The SMILES string of the molecule is CCCC[C@](C)(OCC)C(=O)Nc1ccc(OCCCN2CCOCC2)cc1. The number of hydrogen-bond donors (Lipinski definition) is 1. The molecule has 6 heteroatoms. The highest BCUT2D eigenvalue weighted by Gasteiger charge is 2.33. The summed E-state index contributed by atoms with van der Waals surface area (Å²) < 4.78 is 16.9. The molecule has 1 saturated heterocycles. The van der Waals surface area contributed by atoms with Gasteiger partial charge >= 0.3 is 0 Å². The number of carbonyl (C=O) groups excluding carboxylic acids is 1. The topological polar surface area (TPSA) is 60.0 Å². The highest BCUT2D eigenvalue weighted by Crippen LogP contribution is 2.23. The fourth-order valence-corrected chi connectivity index (χ4v) is 3.28. The van der Waals surface area contributed by atoms with Crippen molar-refractivity contribution in [3.8, 4) is 5.75 Å². The molecular weight excluding hydrogens is 356 g/mol. The van der Waals surface area contributed by atoms with E-state index in [2.05, 4.69) is 17.1 Å². The number of morpholine rings is 1. The molecule has 0 saturated carbocycles. The standard InChI is InChI=1S/C22H36N2O4/c1-4-6-12-22(3,28-5-2)21(25)23-19-8-10-20(11-9-19)27-16-7-13-24-14-17-26-18-15-24/h8-11H,4-7,12-18H2,1-3H3,(H,23,25)/t22-/m0/s1. The minimum atomic E-state index is -0.792. The Morgan fingerprint density at radius 1 is 1.18 bits per heavy atom. The first-order valence-corrected chi connectivity index (χ1v) is 10.6. The summed E-state index contributed by atoms with van der Waals surface area (Å²) in [6.45, 7) is 11.8. The molecule has 6 nitrogen and oxygen atoms in total. The van der Waals surface area contributed by atoms with Crippen LogP contribution in [-0.2, 0) is 14.3 Å². The van der Waals surface area contributed by atoms with E-state index in [0.717, 1.165) is 63.5 Å². The minimum Gasteiger partial charge on any atom is -0.494 e. The second-order valence-corrected chi connectivity index (χ2v) is 7.40. The highest BCUT2D eigenvalue weighted by atomic mass is 16.5. The molecule has 1 N–H and O–H groups in total. The van der Waals surface area contributed by atoms with Crippen LogP contribution < -0.4 is 10.1 Å². The summed E-state index contributed by atoms with van der Waals surface area (Å²) in [5.74, 6) is 0.723. The second kappa shape index (κ2) is 12.0. The van der Waals surface area contributed by atoms with Crippen molar-refractivity contribution in [2.75, 3.05) is 51.4 Å². The van der Waals surface area contributed by atoms with E-state index >= 15 is 0 Å². The Morgan fingerprint density at radius 2 is 1.89 bits per heavy atom. The third kappa shape index (κ3) is 7.41. The number of amides is 1. The van der Waals surface area contributed by atoms with E-state index < -0.39 is 5.60 Å². The summed E-state index contributed by atoms with van der Waals surface area (Å²) in [6.07, 6.45) is 3.70. The molecule has 0 radical (unpaired) electrons. The fourth-order valence-electron chi connectivity index (χ4n) is 3.28. The van der Waals surface area contributed by atoms with Gasteiger partial charge < -0.3 is 19.5 Å². The molecule has 1 atom stereocenters. The summed E-state index contributed by atoms with van der Waals surface area (Å²) >= 11 is 0. The van der Waals surface area contributed by atoms with Crippen molar-refractivity contribution < 1.29 is 19.0 Å². The number of carbonyl (C=O) groups is 1. The molecule has 2 rings (SSSR count). The van der Waals surface area contributed by atoms with Crippen molar-refractivity contribution in [3.63, 3.8) is 0 Å². The molecule has 0 spiro atoms. The normalized spacial score (nSPS) is 17.1. The Labute approximate surface area is 169 Å². The zero-order valence-corrected chi connectivity index (χ0v) is 17.7. The lowest BCUT2D eigenvalue weighted by Crippen LogP contribution is -2.42. The monoisotopic (exact) mass is 392 g/mol. The van der Waals surface area contributed by atoms with E-state index in [9.17, 15) is 4.79 Å². The van der Waals surface area contributed by atoms with Crippen molar-refractivity contribution >= 4 is 11.6 Å². The molecule has 0 bridgehead atoms. The van der Waals surface area contributed by atoms with Gasteiger partial charge in [-0.1, -0.05) is 19.8 Å². The molecule has 1 aromatic carbocycles. The number of hydrogen-bond acceptors (Lipinski definition) is 5. The van der Waals surface area contributed by atoms with Gasteiger partial charge in [-0.05, 0) is 51.0 Å². The first kappa shape index (κ1) is 22.7. The molecule has 0 aliphatic carbocycles. The third-order valence-electron chi connectivity index (χ3n) is 5.05. The predicted octanol–water partition coefficient (Wildman–Crippen LogP) is 3.71. The number of rotatable bonds is 12.